The molecule has 1 saturated carbocycles. The number of carbonyl (C=O) groups excluding carboxylic acids is 1. The molecule has 9 nitrogen and oxygen atoms in total. The maximum Gasteiger partial charge on any atom is 0.253 e. The number of sulfone groups is 1. The molecule has 1 saturated heterocycles. The lowest BCUT2D eigenvalue weighted by atomic mass is 10.1. The van der Waals surface area contributed by atoms with Gasteiger partial charge in [0.25, 0.3) is 5.91 Å². The zero-order chi connectivity index (χ0) is 28.8. The molecule has 2 aromatic rings. The molecular weight excluding hydrogens is 552 g/mol. The number of aliphatic hydroxyl groups excluding tert-OH is 2. The van der Waals surface area contributed by atoms with Gasteiger partial charge in [-0.3, -0.25) is 4.79 Å². The molecule has 1 amide bonds. The van der Waals surface area contributed by atoms with Gasteiger partial charge in [0, 0.05) is 37.7 Å². The van der Waals surface area contributed by atoms with E-state index in [0.29, 0.717) is 18.5 Å². The number of aliphatic hydroxyl groups is 2. The quantitative estimate of drug-likeness (QED) is 0.363. The topological polar surface area (TPSA) is 132 Å². The van der Waals surface area contributed by atoms with E-state index in [1.165, 1.54) is 4.31 Å². The van der Waals surface area contributed by atoms with Gasteiger partial charge in [-0.05, 0) is 42.9 Å². The first-order valence-corrected chi connectivity index (χ1v) is 17.4. The Bertz CT molecular complexity index is 1310. The van der Waals surface area contributed by atoms with Crippen LogP contribution in [0, 0.1) is 11.8 Å². The summed E-state index contributed by atoms with van der Waals surface area (Å²) in [5, 5.41) is 21.4. The molecular formula is C29H40N2O7S2. The minimum absolute atomic E-state index is 0.0579. The molecule has 2 aliphatic rings. The molecule has 3 atom stereocenters. The smallest absolute Gasteiger partial charge is 0.253 e. The fourth-order valence-electron chi connectivity index (χ4n) is 5.71. The molecule has 0 spiro atoms. The number of sulfonamides is 1. The molecule has 220 valence electrons. The maximum atomic E-state index is 13.5. The fourth-order valence-corrected chi connectivity index (χ4v) is 9.71. The zero-order valence-corrected chi connectivity index (χ0v) is 24.3. The lowest BCUT2D eigenvalue weighted by molar-refractivity contribution is 0.0584. The van der Waals surface area contributed by atoms with Crippen molar-refractivity contribution in [1.29, 1.82) is 0 Å². The number of carbonyl (C=O) groups is 1. The van der Waals surface area contributed by atoms with Crippen LogP contribution in [0.4, 0.5) is 0 Å². The summed E-state index contributed by atoms with van der Waals surface area (Å²) in [5.74, 6) is -2.30. The molecule has 1 heterocycles. The number of amides is 1. The molecule has 1 aliphatic carbocycles. The minimum atomic E-state index is -3.99. The normalized spacial score (nSPS) is 22.0. The molecule has 0 radical (unpaired) electrons. The first-order valence-electron chi connectivity index (χ1n) is 13.9. The summed E-state index contributed by atoms with van der Waals surface area (Å²) in [7, 11) is -7.49. The highest BCUT2D eigenvalue weighted by molar-refractivity contribution is 7.92. The standard InChI is InChI=1S/C29H40N2O7S2/c32-27(18-30(16-15-23-9-3-1-4-10-23)29(34)25-13-5-2-6-14-25)19-31(17-24-11-7-8-12-24)40(37,38)21-26-20-39(35,36)22-28(26)33/h1-6,9-10,13-14,24,26-28,32-33H,7-8,11-12,15-22H2/t26?,27-,28?/m0/s1. The largest absolute Gasteiger partial charge is 0.392 e. The van der Waals surface area contributed by atoms with E-state index in [1.54, 1.807) is 29.2 Å². The average molecular weight is 593 g/mol. The van der Waals surface area contributed by atoms with Gasteiger partial charge in [0.1, 0.15) is 0 Å². The Kier molecular flexibility index (Phi) is 10.4. The number of hydrogen-bond acceptors (Lipinski definition) is 7. The van der Waals surface area contributed by atoms with Crippen molar-refractivity contribution in [3.63, 3.8) is 0 Å². The van der Waals surface area contributed by atoms with Gasteiger partial charge >= 0.3 is 0 Å². The Morgan fingerprint density at radius 3 is 2.17 bits per heavy atom. The summed E-state index contributed by atoms with van der Waals surface area (Å²) in [6, 6.07) is 18.5. The van der Waals surface area contributed by atoms with Crippen LogP contribution in [0.15, 0.2) is 60.7 Å². The Morgan fingerprint density at radius 1 is 0.950 bits per heavy atom. The lowest BCUT2D eigenvalue weighted by Gasteiger charge is -2.31. The van der Waals surface area contributed by atoms with Crippen molar-refractivity contribution >= 4 is 25.8 Å². The summed E-state index contributed by atoms with van der Waals surface area (Å²) in [5.41, 5.74) is 1.52. The maximum absolute atomic E-state index is 13.5. The highest BCUT2D eigenvalue weighted by Gasteiger charge is 2.41. The first kappa shape index (κ1) is 30.6. The predicted octanol–water partition coefficient (Wildman–Crippen LogP) is 1.96. The Balaban J connectivity index is 1.49. The van der Waals surface area contributed by atoms with Crippen LogP contribution in [0.3, 0.4) is 0 Å². The second kappa shape index (κ2) is 13.6. The van der Waals surface area contributed by atoms with Crippen LogP contribution in [0.1, 0.15) is 41.6 Å². The van der Waals surface area contributed by atoms with Crippen LogP contribution in [0.5, 0.6) is 0 Å². The first-order chi connectivity index (χ1) is 19.0. The van der Waals surface area contributed by atoms with E-state index in [0.717, 1.165) is 31.2 Å². The SMILES string of the molecule is O=C(c1ccccc1)N(CCc1ccccc1)C[C@H](O)CN(CC1CCCC1)S(=O)(=O)CC1CS(=O)(=O)CC1O. The van der Waals surface area contributed by atoms with Gasteiger partial charge in [0.05, 0.1) is 29.5 Å². The molecule has 2 N–H and O–H groups in total. The number of hydrogen-bond donors (Lipinski definition) is 2. The second-order valence-corrected chi connectivity index (χ2v) is 15.3. The number of benzene rings is 2. The van der Waals surface area contributed by atoms with Crippen LogP contribution in [0.25, 0.3) is 0 Å². The van der Waals surface area contributed by atoms with E-state index in [9.17, 15) is 31.8 Å². The van der Waals surface area contributed by atoms with Gasteiger partial charge in [-0.2, -0.15) is 4.31 Å². The minimum Gasteiger partial charge on any atom is -0.392 e. The van der Waals surface area contributed by atoms with Gasteiger partial charge in [0.2, 0.25) is 10.0 Å². The molecule has 2 aromatic carbocycles. The van der Waals surface area contributed by atoms with Crippen molar-refractivity contribution in [2.24, 2.45) is 11.8 Å². The molecule has 40 heavy (non-hydrogen) atoms. The Labute approximate surface area is 237 Å². The molecule has 2 unspecified atom stereocenters. The van der Waals surface area contributed by atoms with Crippen LogP contribution >= 0.6 is 0 Å². The van der Waals surface area contributed by atoms with E-state index in [4.69, 9.17) is 0 Å². The lowest BCUT2D eigenvalue weighted by Crippen LogP contribution is -2.47. The zero-order valence-electron chi connectivity index (χ0n) is 22.7. The fraction of sp³-hybridized carbons (Fsp3) is 0.552. The van der Waals surface area contributed by atoms with Crippen LogP contribution in [-0.2, 0) is 26.3 Å². The monoisotopic (exact) mass is 592 g/mol. The van der Waals surface area contributed by atoms with Crippen molar-refractivity contribution in [3.8, 4) is 0 Å². The molecule has 11 heteroatoms. The summed E-state index contributed by atoms with van der Waals surface area (Å²) in [6.07, 6.45) is 1.99. The molecule has 0 aromatic heterocycles. The highest BCUT2D eigenvalue weighted by Crippen LogP contribution is 2.28. The predicted molar refractivity (Wildman–Crippen MR) is 154 cm³/mol. The highest BCUT2D eigenvalue weighted by atomic mass is 32.2. The molecule has 4 rings (SSSR count). The third kappa shape index (κ3) is 8.59. The van der Waals surface area contributed by atoms with Crippen LogP contribution in [-0.4, -0.2) is 97.8 Å². The van der Waals surface area contributed by atoms with Crippen molar-refractivity contribution in [3.05, 3.63) is 71.8 Å². The van der Waals surface area contributed by atoms with Gasteiger partial charge in [-0.1, -0.05) is 61.4 Å². The van der Waals surface area contributed by atoms with Crippen molar-refractivity contribution in [2.45, 2.75) is 44.3 Å². The molecule has 2 fully saturated rings. The van der Waals surface area contributed by atoms with E-state index >= 15 is 0 Å². The average Bonchev–Trinajstić information content (AvgIpc) is 3.52. The number of rotatable bonds is 13. The third-order valence-electron chi connectivity index (χ3n) is 7.86. The second-order valence-electron chi connectivity index (χ2n) is 11.2. The third-order valence-corrected chi connectivity index (χ3v) is 11.6. The van der Waals surface area contributed by atoms with Gasteiger partial charge in [-0.25, -0.2) is 16.8 Å². The van der Waals surface area contributed by atoms with E-state index in [2.05, 4.69) is 0 Å². The van der Waals surface area contributed by atoms with Crippen molar-refractivity contribution in [2.75, 3.05) is 43.4 Å². The number of nitrogens with zero attached hydrogens (tertiary/aromatic N) is 2. The summed E-state index contributed by atoms with van der Waals surface area (Å²) < 4.78 is 52.3. The molecule has 1 aliphatic heterocycles. The summed E-state index contributed by atoms with van der Waals surface area (Å²) in [6.45, 7) is 0.303. The van der Waals surface area contributed by atoms with E-state index in [-0.39, 0.29) is 37.2 Å². The van der Waals surface area contributed by atoms with Gasteiger partial charge in [0.15, 0.2) is 9.84 Å². The Morgan fingerprint density at radius 2 is 1.57 bits per heavy atom. The summed E-state index contributed by atoms with van der Waals surface area (Å²) >= 11 is 0. The van der Waals surface area contributed by atoms with E-state index < -0.39 is 49.5 Å². The van der Waals surface area contributed by atoms with Crippen molar-refractivity contribution in [1.82, 2.24) is 9.21 Å². The molecule has 0 bridgehead atoms. The van der Waals surface area contributed by atoms with Gasteiger partial charge in [-0.15, -0.1) is 0 Å². The van der Waals surface area contributed by atoms with Crippen LogP contribution < -0.4 is 0 Å². The van der Waals surface area contributed by atoms with Crippen molar-refractivity contribution < 1.29 is 31.8 Å². The summed E-state index contributed by atoms with van der Waals surface area (Å²) in [4.78, 5) is 14.9. The Hall–Kier alpha value is -2.31. The van der Waals surface area contributed by atoms with E-state index in [1.807, 2.05) is 36.4 Å². The van der Waals surface area contributed by atoms with Crippen LogP contribution in [0.2, 0.25) is 0 Å². The van der Waals surface area contributed by atoms with Gasteiger partial charge < -0.3 is 15.1 Å².